The van der Waals surface area contributed by atoms with Gasteiger partial charge in [-0.05, 0) is 139 Å². The van der Waals surface area contributed by atoms with E-state index in [-0.39, 0.29) is 0 Å². The Morgan fingerprint density at radius 3 is 1.88 bits per heavy atom. The zero-order chi connectivity index (χ0) is 23.4. The normalized spacial score (nSPS) is 18.2. The molecule has 0 aliphatic heterocycles. The molecule has 0 amide bonds. The van der Waals surface area contributed by atoms with Crippen molar-refractivity contribution in [2.75, 3.05) is 4.90 Å². The number of benzene rings is 4. The minimum absolute atomic E-state index is 0.768. The van der Waals surface area contributed by atoms with E-state index < -0.39 is 0 Å². The first-order chi connectivity index (χ1) is 16.5. The fourth-order valence-corrected chi connectivity index (χ4v) is 6.62. The summed E-state index contributed by atoms with van der Waals surface area (Å²) in [6.45, 7) is 4.55. The lowest BCUT2D eigenvalue weighted by Gasteiger charge is -2.27. The third kappa shape index (κ3) is 3.83. The maximum atomic E-state index is 3.59. The zero-order valence-corrected chi connectivity index (χ0v) is 22.7. The second-order valence-corrected chi connectivity index (χ2v) is 11.6. The minimum atomic E-state index is 0.768. The van der Waals surface area contributed by atoms with Gasteiger partial charge in [0.2, 0.25) is 0 Å². The Hall–Kier alpha value is -2.36. The molecule has 1 nitrogen and oxygen atoms in total. The molecule has 0 saturated heterocycles. The predicted molar refractivity (Wildman–Crippen MR) is 151 cm³/mol. The topological polar surface area (TPSA) is 3.24 Å². The summed E-state index contributed by atoms with van der Waals surface area (Å²) in [7, 11) is 0. The molecule has 0 N–H and O–H groups in total. The third-order valence-electron chi connectivity index (χ3n) is 7.66. The zero-order valence-electron chi connectivity index (χ0n) is 19.5. The van der Waals surface area contributed by atoms with Gasteiger partial charge in [0.05, 0.1) is 0 Å². The summed E-state index contributed by atoms with van der Waals surface area (Å²) in [6.07, 6.45) is 4.10. The molecule has 1 saturated carbocycles. The molecule has 2 bridgehead atoms. The number of hydrogen-bond acceptors (Lipinski definition) is 1. The Morgan fingerprint density at radius 1 is 0.647 bits per heavy atom. The largest absolute Gasteiger partial charge is 0.310 e. The van der Waals surface area contributed by atoms with Crippen LogP contribution in [0, 0.1) is 13.8 Å². The number of hydrogen-bond donors (Lipinski definition) is 0. The summed E-state index contributed by atoms with van der Waals surface area (Å²) in [6, 6.07) is 28.9. The number of nitrogens with zero attached hydrogens (tertiary/aromatic N) is 1. The van der Waals surface area contributed by atoms with Crippen molar-refractivity contribution in [3.8, 4) is 11.1 Å². The van der Waals surface area contributed by atoms with Gasteiger partial charge in [0, 0.05) is 26.0 Å². The predicted octanol–water partition coefficient (Wildman–Crippen LogP) is 10.3. The van der Waals surface area contributed by atoms with Gasteiger partial charge < -0.3 is 4.90 Å². The summed E-state index contributed by atoms with van der Waals surface area (Å²) >= 11 is 7.18. The van der Waals surface area contributed by atoms with Crippen molar-refractivity contribution in [3.05, 3.63) is 110 Å². The molecule has 4 aromatic carbocycles. The molecule has 4 aromatic rings. The smallest absolute Gasteiger partial charge is 0.0467 e. The Balaban J connectivity index is 1.48. The number of halogens is 2. The van der Waals surface area contributed by atoms with E-state index in [1.54, 1.807) is 11.1 Å². The third-order valence-corrected chi connectivity index (χ3v) is 8.72. The molecule has 6 rings (SSSR count). The van der Waals surface area contributed by atoms with Crippen molar-refractivity contribution in [1.29, 1.82) is 0 Å². The van der Waals surface area contributed by atoms with E-state index in [1.165, 1.54) is 47.2 Å². The number of aryl methyl sites for hydroxylation is 2. The van der Waals surface area contributed by atoms with Crippen LogP contribution >= 0.6 is 31.9 Å². The van der Waals surface area contributed by atoms with E-state index >= 15 is 0 Å². The molecule has 34 heavy (non-hydrogen) atoms. The van der Waals surface area contributed by atoms with Crippen molar-refractivity contribution in [2.24, 2.45) is 0 Å². The van der Waals surface area contributed by atoms with Gasteiger partial charge in [-0.1, -0.05) is 50.1 Å². The average Bonchev–Trinajstić information content (AvgIpc) is 3.45. The van der Waals surface area contributed by atoms with Crippen LogP contribution in [0.2, 0.25) is 0 Å². The van der Waals surface area contributed by atoms with Crippen molar-refractivity contribution < 1.29 is 0 Å². The van der Waals surface area contributed by atoms with Crippen molar-refractivity contribution in [2.45, 2.75) is 44.9 Å². The lowest BCUT2D eigenvalue weighted by molar-refractivity contribution is 0.714. The van der Waals surface area contributed by atoms with Gasteiger partial charge >= 0.3 is 0 Å². The molecule has 2 aliphatic rings. The number of anilines is 3. The molecule has 2 unspecified atom stereocenters. The lowest BCUT2D eigenvalue weighted by Crippen LogP contribution is -2.10. The monoisotopic (exact) mass is 571 g/mol. The van der Waals surface area contributed by atoms with Gasteiger partial charge in [-0.15, -0.1) is 0 Å². The van der Waals surface area contributed by atoms with Gasteiger partial charge in [0.1, 0.15) is 0 Å². The highest BCUT2D eigenvalue weighted by Crippen LogP contribution is 2.55. The second kappa shape index (κ2) is 8.70. The lowest BCUT2D eigenvalue weighted by atomic mass is 9.85. The summed E-state index contributed by atoms with van der Waals surface area (Å²) in [5, 5.41) is 0. The summed E-state index contributed by atoms with van der Waals surface area (Å²) in [5.41, 5.74) is 12.2. The van der Waals surface area contributed by atoms with Crippen LogP contribution < -0.4 is 4.90 Å². The van der Waals surface area contributed by atoms with Gasteiger partial charge in [0.15, 0.2) is 0 Å². The van der Waals surface area contributed by atoms with Gasteiger partial charge in [-0.25, -0.2) is 0 Å². The minimum Gasteiger partial charge on any atom is -0.310 e. The Kier molecular flexibility index (Phi) is 5.66. The highest BCUT2D eigenvalue weighted by atomic mass is 79.9. The van der Waals surface area contributed by atoms with Gasteiger partial charge in [-0.2, -0.15) is 0 Å². The van der Waals surface area contributed by atoms with Crippen molar-refractivity contribution >= 4 is 48.9 Å². The van der Waals surface area contributed by atoms with Crippen LogP contribution in [0.1, 0.15) is 53.4 Å². The average molecular weight is 573 g/mol. The van der Waals surface area contributed by atoms with Gasteiger partial charge in [0.25, 0.3) is 0 Å². The first-order valence-electron chi connectivity index (χ1n) is 12.0. The van der Waals surface area contributed by atoms with E-state index in [0.29, 0.717) is 0 Å². The molecule has 0 aromatic heterocycles. The van der Waals surface area contributed by atoms with Crippen LogP contribution in [-0.2, 0) is 0 Å². The molecular formula is C31H27Br2N. The summed E-state index contributed by atoms with van der Waals surface area (Å²) in [4.78, 5) is 2.34. The quantitative estimate of drug-likeness (QED) is 0.235. The molecule has 2 atom stereocenters. The second-order valence-electron chi connectivity index (χ2n) is 9.79. The standard InChI is InChI=1S/C31H27Br2N/c1-19-3-10-28(34(26-11-6-24(32)7-12-26)27-13-8-25(33)9-14-27)18-29(19)23-15-20(2)31-22-5-4-21(16-22)30(31)17-23/h3,6-15,17-18,21-22H,4-5,16H2,1-2H3. The Bertz CT molecular complexity index is 1330. The summed E-state index contributed by atoms with van der Waals surface area (Å²) < 4.78 is 2.17. The van der Waals surface area contributed by atoms with Crippen LogP contribution in [0.4, 0.5) is 17.1 Å². The summed E-state index contributed by atoms with van der Waals surface area (Å²) in [5.74, 6) is 1.57. The Morgan fingerprint density at radius 2 is 1.24 bits per heavy atom. The van der Waals surface area contributed by atoms with E-state index in [1.807, 2.05) is 0 Å². The van der Waals surface area contributed by atoms with Crippen LogP contribution in [0.5, 0.6) is 0 Å². The maximum Gasteiger partial charge on any atom is 0.0467 e. The van der Waals surface area contributed by atoms with Crippen molar-refractivity contribution in [1.82, 2.24) is 0 Å². The fourth-order valence-electron chi connectivity index (χ4n) is 6.09. The first kappa shape index (κ1) is 22.1. The highest BCUT2D eigenvalue weighted by Gasteiger charge is 2.38. The maximum absolute atomic E-state index is 3.59. The van der Waals surface area contributed by atoms with Crippen LogP contribution in [0.25, 0.3) is 11.1 Å². The van der Waals surface area contributed by atoms with Gasteiger partial charge in [-0.3, -0.25) is 0 Å². The molecule has 2 aliphatic carbocycles. The molecular weight excluding hydrogens is 546 g/mol. The van der Waals surface area contributed by atoms with Crippen LogP contribution in [0.15, 0.2) is 87.8 Å². The first-order valence-corrected chi connectivity index (χ1v) is 13.6. The molecule has 0 radical (unpaired) electrons. The van der Waals surface area contributed by atoms with E-state index in [4.69, 9.17) is 0 Å². The highest BCUT2D eigenvalue weighted by molar-refractivity contribution is 9.10. The molecule has 3 heteroatoms. The number of fused-ring (bicyclic) bond motifs is 5. The van der Waals surface area contributed by atoms with E-state index in [0.717, 1.165) is 32.2 Å². The molecule has 0 heterocycles. The van der Waals surface area contributed by atoms with E-state index in [9.17, 15) is 0 Å². The molecule has 1 fully saturated rings. The van der Waals surface area contributed by atoms with Crippen LogP contribution in [-0.4, -0.2) is 0 Å². The van der Waals surface area contributed by atoms with Crippen molar-refractivity contribution in [3.63, 3.8) is 0 Å². The number of rotatable bonds is 4. The SMILES string of the molecule is Cc1ccc(N(c2ccc(Br)cc2)c2ccc(Br)cc2)cc1-c1cc(C)c2c(c1)C1CCC2C1. The molecule has 170 valence electrons. The van der Waals surface area contributed by atoms with Crippen LogP contribution in [0.3, 0.4) is 0 Å². The van der Waals surface area contributed by atoms with E-state index in [2.05, 4.69) is 129 Å². The molecule has 0 spiro atoms. The fraction of sp³-hybridized carbons (Fsp3) is 0.226. The Labute approximate surface area is 219 Å².